The van der Waals surface area contributed by atoms with Crippen molar-refractivity contribution in [3.63, 3.8) is 0 Å². The van der Waals surface area contributed by atoms with Crippen LogP contribution >= 0.6 is 12.2 Å². The monoisotopic (exact) mass is 413 g/mol. The molecule has 0 saturated carbocycles. The molecular weight excluding hydrogens is 393 g/mol. The lowest BCUT2D eigenvalue weighted by atomic mass is 9.99. The molecule has 1 aliphatic rings. The summed E-state index contributed by atoms with van der Waals surface area (Å²) in [5, 5.41) is 9.45. The van der Waals surface area contributed by atoms with Crippen LogP contribution in [-0.4, -0.2) is 46.5 Å². The summed E-state index contributed by atoms with van der Waals surface area (Å²) in [4.78, 5) is 12.5. The van der Waals surface area contributed by atoms with Crippen LogP contribution in [0.5, 0.6) is 0 Å². The van der Waals surface area contributed by atoms with Crippen LogP contribution in [-0.2, 0) is 28.4 Å². The van der Waals surface area contributed by atoms with E-state index in [4.69, 9.17) is 12.2 Å². The maximum atomic E-state index is 13.1. The van der Waals surface area contributed by atoms with Crippen molar-refractivity contribution < 1.29 is 17.6 Å². The van der Waals surface area contributed by atoms with Gasteiger partial charge in [0.05, 0.1) is 17.4 Å². The fourth-order valence-electron chi connectivity index (χ4n) is 2.98. The molecule has 0 radical (unpaired) electrons. The summed E-state index contributed by atoms with van der Waals surface area (Å²) in [6.45, 7) is 0.616. The first-order valence-corrected chi connectivity index (χ1v) is 10.3. The highest BCUT2D eigenvalue weighted by molar-refractivity contribution is 7.89. The Morgan fingerprint density at radius 1 is 1.41 bits per heavy atom. The number of nitrogens with one attached hydrogen (secondary N) is 2. The largest absolute Gasteiger partial charge is 0.349 e. The normalized spacial score (nSPS) is 18.4. The minimum atomic E-state index is -3.76. The van der Waals surface area contributed by atoms with Crippen molar-refractivity contribution in [2.75, 3.05) is 13.1 Å². The van der Waals surface area contributed by atoms with Gasteiger partial charge in [-0.1, -0.05) is 0 Å². The molecule has 8 nitrogen and oxygen atoms in total. The third-order valence-electron chi connectivity index (χ3n) is 4.60. The summed E-state index contributed by atoms with van der Waals surface area (Å²) in [5.41, 5.74) is 0. The number of amides is 1. The maximum absolute atomic E-state index is 13.1. The lowest BCUT2D eigenvalue weighted by Gasteiger charge is -2.31. The van der Waals surface area contributed by atoms with Gasteiger partial charge in [-0.15, -0.1) is 0 Å². The van der Waals surface area contributed by atoms with Gasteiger partial charge in [-0.25, -0.2) is 12.8 Å². The Bertz CT molecular complexity index is 984. The first-order valence-electron chi connectivity index (χ1n) is 8.43. The van der Waals surface area contributed by atoms with Crippen LogP contribution in [0.25, 0.3) is 0 Å². The number of aromatic nitrogens is 3. The van der Waals surface area contributed by atoms with E-state index < -0.39 is 21.8 Å². The average Bonchev–Trinajstić information content (AvgIpc) is 2.98. The zero-order valence-electron chi connectivity index (χ0n) is 14.7. The number of benzene rings is 1. The van der Waals surface area contributed by atoms with Gasteiger partial charge in [0.15, 0.2) is 10.6 Å². The highest BCUT2D eigenvalue weighted by Crippen LogP contribution is 2.24. The number of hydrogen-bond acceptors (Lipinski definition) is 5. The summed E-state index contributed by atoms with van der Waals surface area (Å²) in [6, 6.07) is 4.69. The molecule has 2 aromatic rings. The lowest BCUT2D eigenvalue weighted by molar-refractivity contribution is -0.126. The number of halogens is 1. The van der Waals surface area contributed by atoms with E-state index in [1.165, 1.54) is 16.4 Å². The number of carbonyl (C=O) groups is 1. The first kappa shape index (κ1) is 19.6. The number of sulfonamides is 1. The highest BCUT2D eigenvalue weighted by atomic mass is 32.2. The van der Waals surface area contributed by atoms with E-state index in [-0.39, 0.29) is 23.9 Å². The van der Waals surface area contributed by atoms with Crippen LogP contribution in [0.4, 0.5) is 4.39 Å². The van der Waals surface area contributed by atoms with Gasteiger partial charge < -0.3 is 9.88 Å². The molecule has 2 heterocycles. The molecule has 1 saturated heterocycles. The molecule has 1 aliphatic heterocycles. The van der Waals surface area contributed by atoms with Crippen molar-refractivity contribution in [1.29, 1.82) is 0 Å². The average molecular weight is 414 g/mol. The molecule has 0 spiro atoms. The van der Waals surface area contributed by atoms with Gasteiger partial charge in [-0.05, 0) is 49.3 Å². The SMILES string of the molecule is Cn1c(CNC(=O)C2CCCN(S(=O)(=O)c3ccc(F)cc3)C2)n[nH]c1=S. The van der Waals surface area contributed by atoms with Gasteiger partial charge in [0.1, 0.15) is 5.82 Å². The molecule has 27 heavy (non-hydrogen) atoms. The van der Waals surface area contributed by atoms with Gasteiger partial charge >= 0.3 is 0 Å². The Hall–Kier alpha value is -2.11. The molecule has 1 fully saturated rings. The third kappa shape index (κ3) is 4.25. The topological polar surface area (TPSA) is 100 Å². The van der Waals surface area contributed by atoms with Gasteiger partial charge in [0, 0.05) is 20.1 Å². The van der Waals surface area contributed by atoms with Crippen LogP contribution in [0.2, 0.25) is 0 Å². The number of nitrogens with zero attached hydrogens (tertiary/aromatic N) is 3. The minimum Gasteiger partial charge on any atom is -0.349 e. The Morgan fingerprint density at radius 3 is 2.74 bits per heavy atom. The zero-order valence-corrected chi connectivity index (χ0v) is 16.3. The third-order valence-corrected chi connectivity index (χ3v) is 6.84. The molecule has 2 N–H and O–H groups in total. The van der Waals surface area contributed by atoms with E-state index in [1.54, 1.807) is 11.6 Å². The number of carbonyl (C=O) groups excluding carboxylic acids is 1. The van der Waals surface area contributed by atoms with Crippen molar-refractivity contribution in [1.82, 2.24) is 24.4 Å². The summed E-state index contributed by atoms with van der Waals surface area (Å²) < 4.78 is 41.9. The van der Waals surface area contributed by atoms with Crippen LogP contribution in [0.3, 0.4) is 0 Å². The standard InChI is InChI=1S/C16H20FN5O3S2/c1-21-14(19-20-16(21)26)9-18-15(23)11-3-2-8-22(10-11)27(24,25)13-6-4-12(17)5-7-13/h4-7,11H,2-3,8-10H2,1H3,(H,18,23)(H,20,26). The number of piperidine rings is 1. The van der Waals surface area contributed by atoms with Crippen LogP contribution < -0.4 is 5.32 Å². The van der Waals surface area contributed by atoms with E-state index >= 15 is 0 Å². The Labute approximate surface area is 161 Å². The molecule has 1 unspecified atom stereocenters. The van der Waals surface area contributed by atoms with Crippen LogP contribution in [0.1, 0.15) is 18.7 Å². The molecule has 1 aromatic heterocycles. The smallest absolute Gasteiger partial charge is 0.243 e. The molecule has 3 rings (SSSR count). The Balaban J connectivity index is 1.66. The van der Waals surface area contributed by atoms with Gasteiger partial charge in [-0.3, -0.25) is 9.89 Å². The second-order valence-electron chi connectivity index (χ2n) is 6.38. The van der Waals surface area contributed by atoms with Crippen LogP contribution in [0, 0.1) is 16.5 Å². The summed E-state index contributed by atoms with van der Waals surface area (Å²) in [5.74, 6) is -0.609. The first-order chi connectivity index (χ1) is 12.8. The van der Waals surface area contributed by atoms with E-state index in [0.717, 1.165) is 12.1 Å². The Morgan fingerprint density at radius 2 is 2.11 bits per heavy atom. The van der Waals surface area contributed by atoms with Gasteiger partial charge in [-0.2, -0.15) is 9.40 Å². The zero-order chi connectivity index (χ0) is 19.6. The van der Waals surface area contributed by atoms with E-state index in [1.807, 2.05) is 0 Å². The second-order valence-corrected chi connectivity index (χ2v) is 8.70. The van der Waals surface area contributed by atoms with Crippen molar-refractivity contribution in [2.45, 2.75) is 24.3 Å². The number of aromatic amines is 1. The lowest BCUT2D eigenvalue weighted by Crippen LogP contribution is -2.45. The molecular formula is C16H20FN5O3S2. The number of rotatable bonds is 5. The molecule has 0 aliphatic carbocycles. The van der Waals surface area contributed by atoms with E-state index in [0.29, 0.717) is 30.0 Å². The quantitative estimate of drug-likeness (QED) is 0.721. The Kier molecular flexibility index (Phi) is 5.72. The van der Waals surface area contributed by atoms with Crippen molar-refractivity contribution in [3.8, 4) is 0 Å². The molecule has 0 bridgehead atoms. The summed E-state index contributed by atoms with van der Waals surface area (Å²) >= 11 is 5.03. The predicted molar refractivity (Wildman–Crippen MR) is 98.1 cm³/mol. The summed E-state index contributed by atoms with van der Waals surface area (Å²) in [6.07, 6.45) is 1.17. The summed E-state index contributed by atoms with van der Waals surface area (Å²) in [7, 11) is -2.02. The van der Waals surface area contributed by atoms with Crippen molar-refractivity contribution in [3.05, 3.63) is 40.7 Å². The number of hydrogen-bond donors (Lipinski definition) is 2. The molecule has 1 atom stereocenters. The molecule has 1 aromatic carbocycles. The predicted octanol–water partition coefficient (Wildman–Crippen LogP) is 1.33. The number of H-pyrrole nitrogens is 1. The van der Waals surface area contributed by atoms with Crippen molar-refractivity contribution >= 4 is 28.1 Å². The van der Waals surface area contributed by atoms with E-state index in [2.05, 4.69) is 15.5 Å². The van der Waals surface area contributed by atoms with Gasteiger partial charge in [0.2, 0.25) is 15.9 Å². The van der Waals surface area contributed by atoms with E-state index in [9.17, 15) is 17.6 Å². The fourth-order valence-corrected chi connectivity index (χ4v) is 4.65. The second kappa shape index (κ2) is 7.87. The highest BCUT2D eigenvalue weighted by Gasteiger charge is 2.33. The molecule has 11 heteroatoms. The van der Waals surface area contributed by atoms with Crippen LogP contribution in [0.15, 0.2) is 29.2 Å². The minimum absolute atomic E-state index is 0.0199. The molecule has 1 amide bonds. The maximum Gasteiger partial charge on any atom is 0.243 e. The van der Waals surface area contributed by atoms with Gasteiger partial charge in [0.25, 0.3) is 0 Å². The molecule has 146 valence electrons. The van der Waals surface area contributed by atoms with Crippen molar-refractivity contribution in [2.24, 2.45) is 13.0 Å². The fraction of sp³-hybridized carbons (Fsp3) is 0.438.